The Morgan fingerprint density at radius 3 is 2.04 bits per heavy atom. The number of rotatable bonds is 9. The molecular weight excluding hydrogens is 338 g/mol. The van der Waals surface area contributed by atoms with Gasteiger partial charge in [-0.3, -0.25) is 10.1 Å². The van der Waals surface area contributed by atoms with E-state index in [4.69, 9.17) is 0 Å². The number of non-ortho nitro benzene ring substituents is 1. The Morgan fingerprint density at radius 1 is 0.741 bits per heavy atom. The molecule has 0 radical (unpaired) electrons. The molecular formula is C22H23N3O2. The molecule has 0 amide bonds. The summed E-state index contributed by atoms with van der Waals surface area (Å²) in [5.74, 6) is 0. The van der Waals surface area contributed by atoms with E-state index in [9.17, 15) is 10.1 Å². The normalized spacial score (nSPS) is 10.4. The molecule has 5 heteroatoms. The third kappa shape index (κ3) is 5.85. The number of anilines is 3. The van der Waals surface area contributed by atoms with Crippen LogP contribution in [-0.4, -0.2) is 11.5 Å². The fourth-order valence-electron chi connectivity index (χ4n) is 2.83. The number of benzene rings is 3. The number of aryl methyl sites for hydroxylation is 1. The Morgan fingerprint density at radius 2 is 1.37 bits per heavy atom. The van der Waals surface area contributed by atoms with Gasteiger partial charge in [0.15, 0.2) is 0 Å². The molecule has 3 aromatic carbocycles. The maximum atomic E-state index is 10.7. The second-order valence-electron chi connectivity index (χ2n) is 6.38. The number of hydrogen-bond acceptors (Lipinski definition) is 4. The first kappa shape index (κ1) is 18.5. The van der Waals surface area contributed by atoms with Crippen molar-refractivity contribution in [2.75, 3.05) is 17.2 Å². The monoisotopic (exact) mass is 361 g/mol. The molecule has 138 valence electrons. The Hall–Kier alpha value is -3.34. The summed E-state index contributed by atoms with van der Waals surface area (Å²) in [6, 6.07) is 25.2. The Kier molecular flexibility index (Phi) is 6.41. The van der Waals surface area contributed by atoms with Crippen molar-refractivity contribution in [3.05, 3.63) is 94.5 Å². The Balaban J connectivity index is 1.37. The first-order valence-electron chi connectivity index (χ1n) is 9.10. The van der Waals surface area contributed by atoms with Gasteiger partial charge in [0.05, 0.1) is 4.92 Å². The summed E-state index contributed by atoms with van der Waals surface area (Å²) in [4.78, 5) is 10.3. The summed E-state index contributed by atoms with van der Waals surface area (Å²) >= 11 is 0. The van der Waals surface area contributed by atoms with Crippen molar-refractivity contribution in [3.63, 3.8) is 0 Å². The van der Waals surface area contributed by atoms with Crippen molar-refractivity contribution in [1.82, 2.24) is 0 Å². The van der Waals surface area contributed by atoms with E-state index in [0.29, 0.717) is 0 Å². The van der Waals surface area contributed by atoms with Gasteiger partial charge in [-0.25, -0.2) is 0 Å². The lowest BCUT2D eigenvalue weighted by Gasteiger charge is -2.09. The second-order valence-corrected chi connectivity index (χ2v) is 6.38. The second kappa shape index (κ2) is 9.38. The van der Waals surface area contributed by atoms with Gasteiger partial charge in [0.25, 0.3) is 5.69 Å². The molecule has 3 rings (SSSR count). The van der Waals surface area contributed by atoms with Crippen LogP contribution in [0.15, 0.2) is 78.9 Å². The highest BCUT2D eigenvalue weighted by Gasteiger charge is 2.03. The largest absolute Gasteiger partial charge is 0.385 e. The van der Waals surface area contributed by atoms with Crippen LogP contribution in [0.2, 0.25) is 0 Å². The Labute approximate surface area is 159 Å². The van der Waals surface area contributed by atoms with Gasteiger partial charge < -0.3 is 10.6 Å². The first-order chi connectivity index (χ1) is 13.2. The average molecular weight is 361 g/mol. The van der Waals surface area contributed by atoms with Crippen molar-refractivity contribution >= 4 is 22.7 Å². The summed E-state index contributed by atoms with van der Waals surface area (Å²) in [7, 11) is 0. The van der Waals surface area contributed by atoms with Crippen LogP contribution in [0.3, 0.4) is 0 Å². The lowest BCUT2D eigenvalue weighted by molar-refractivity contribution is -0.384. The molecule has 0 unspecified atom stereocenters. The van der Waals surface area contributed by atoms with E-state index in [1.807, 2.05) is 42.5 Å². The molecule has 0 atom stereocenters. The van der Waals surface area contributed by atoms with Crippen LogP contribution in [0, 0.1) is 10.1 Å². The molecule has 0 bridgehead atoms. The molecule has 0 aliphatic rings. The van der Waals surface area contributed by atoms with Gasteiger partial charge in [-0.2, -0.15) is 0 Å². The predicted molar refractivity (Wildman–Crippen MR) is 111 cm³/mol. The van der Waals surface area contributed by atoms with Crippen molar-refractivity contribution in [1.29, 1.82) is 0 Å². The summed E-state index contributed by atoms with van der Waals surface area (Å²) in [6.45, 7) is 0.901. The standard InChI is InChI=1S/C22H23N3O2/c26-25(27)22-15-9-18(10-16-22)6-4-5-17-23-19-11-13-21(14-12-19)24-20-7-2-1-3-8-20/h1-3,7-16,23-24H,4-6,17H2. The van der Waals surface area contributed by atoms with Crippen LogP contribution in [0.5, 0.6) is 0 Å². The number of nitrogens with zero attached hydrogens (tertiary/aromatic N) is 1. The maximum absolute atomic E-state index is 10.7. The van der Waals surface area contributed by atoms with Crippen LogP contribution in [0.1, 0.15) is 18.4 Å². The molecule has 0 aromatic heterocycles. The van der Waals surface area contributed by atoms with E-state index >= 15 is 0 Å². The summed E-state index contributed by atoms with van der Waals surface area (Å²) in [6.07, 6.45) is 3.01. The minimum atomic E-state index is -0.367. The molecule has 5 nitrogen and oxygen atoms in total. The summed E-state index contributed by atoms with van der Waals surface area (Å²) in [5, 5.41) is 17.4. The van der Waals surface area contributed by atoms with Crippen molar-refractivity contribution in [3.8, 4) is 0 Å². The van der Waals surface area contributed by atoms with E-state index < -0.39 is 0 Å². The van der Waals surface area contributed by atoms with E-state index in [2.05, 4.69) is 34.9 Å². The fourth-order valence-corrected chi connectivity index (χ4v) is 2.83. The lowest BCUT2D eigenvalue weighted by Crippen LogP contribution is -2.02. The van der Waals surface area contributed by atoms with Crippen molar-refractivity contribution < 1.29 is 4.92 Å². The maximum Gasteiger partial charge on any atom is 0.269 e. The van der Waals surface area contributed by atoms with Gasteiger partial charge >= 0.3 is 0 Å². The number of hydrogen-bond donors (Lipinski definition) is 2. The highest BCUT2D eigenvalue weighted by Crippen LogP contribution is 2.19. The topological polar surface area (TPSA) is 67.2 Å². The molecule has 0 fully saturated rings. The molecule has 0 saturated carbocycles. The SMILES string of the molecule is O=[N+]([O-])c1ccc(CCCCNc2ccc(Nc3ccccc3)cc2)cc1. The van der Waals surface area contributed by atoms with Crippen LogP contribution in [-0.2, 0) is 6.42 Å². The molecule has 0 saturated heterocycles. The third-order valence-electron chi connectivity index (χ3n) is 4.32. The van der Waals surface area contributed by atoms with Gasteiger partial charge in [-0.15, -0.1) is 0 Å². The summed E-state index contributed by atoms with van der Waals surface area (Å²) < 4.78 is 0. The minimum Gasteiger partial charge on any atom is -0.385 e. The highest BCUT2D eigenvalue weighted by atomic mass is 16.6. The number of nitro benzene ring substituents is 1. The fraction of sp³-hybridized carbons (Fsp3) is 0.182. The van der Waals surface area contributed by atoms with Crippen LogP contribution in [0.25, 0.3) is 0 Å². The number of para-hydroxylation sites is 1. The first-order valence-corrected chi connectivity index (χ1v) is 9.10. The van der Waals surface area contributed by atoms with Gasteiger partial charge in [-0.05, 0) is 61.2 Å². The molecule has 27 heavy (non-hydrogen) atoms. The molecule has 0 aliphatic heterocycles. The van der Waals surface area contributed by atoms with Gasteiger partial charge in [-0.1, -0.05) is 30.3 Å². The van der Waals surface area contributed by atoms with E-state index in [-0.39, 0.29) is 10.6 Å². The van der Waals surface area contributed by atoms with Crippen molar-refractivity contribution in [2.24, 2.45) is 0 Å². The molecule has 0 spiro atoms. The zero-order valence-corrected chi connectivity index (χ0v) is 15.1. The Bertz CT molecular complexity index is 847. The number of unbranched alkanes of at least 4 members (excludes halogenated alkanes) is 1. The summed E-state index contributed by atoms with van der Waals surface area (Å²) in [5.41, 5.74) is 4.51. The molecule has 0 heterocycles. The minimum absolute atomic E-state index is 0.144. The van der Waals surface area contributed by atoms with E-state index in [1.165, 1.54) is 0 Å². The van der Waals surface area contributed by atoms with Crippen LogP contribution < -0.4 is 10.6 Å². The number of nitrogens with one attached hydrogen (secondary N) is 2. The molecule has 2 N–H and O–H groups in total. The molecule has 3 aromatic rings. The van der Waals surface area contributed by atoms with Gasteiger partial charge in [0.2, 0.25) is 0 Å². The number of nitro groups is 1. The van der Waals surface area contributed by atoms with E-state index in [0.717, 1.165) is 48.4 Å². The van der Waals surface area contributed by atoms with Crippen LogP contribution in [0.4, 0.5) is 22.7 Å². The quantitative estimate of drug-likeness (QED) is 0.288. The third-order valence-corrected chi connectivity index (χ3v) is 4.32. The van der Waals surface area contributed by atoms with Gasteiger partial charge in [0, 0.05) is 35.7 Å². The average Bonchev–Trinajstić information content (AvgIpc) is 2.70. The zero-order valence-electron chi connectivity index (χ0n) is 15.1. The van der Waals surface area contributed by atoms with Gasteiger partial charge in [0.1, 0.15) is 0 Å². The van der Waals surface area contributed by atoms with Crippen molar-refractivity contribution in [2.45, 2.75) is 19.3 Å². The predicted octanol–water partition coefficient (Wildman–Crippen LogP) is 5.77. The zero-order chi connectivity index (χ0) is 18.9. The lowest BCUT2D eigenvalue weighted by atomic mass is 10.1. The van der Waals surface area contributed by atoms with E-state index in [1.54, 1.807) is 12.1 Å². The van der Waals surface area contributed by atoms with Crippen LogP contribution >= 0.6 is 0 Å². The smallest absolute Gasteiger partial charge is 0.269 e. The highest BCUT2D eigenvalue weighted by molar-refractivity contribution is 5.62. The molecule has 0 aliphatic carbocycles.